The molecule has 4 rings (SSSR count). The van der Waals surface area contributed by atoms with Crippen LogP contribution in [0.3, 0.4) is 0 Å². The number of hydrogen-bond donors (Lipinski definition) is 2. The maximum Gasteiger partial charge on any atom is 0.335 e. The molecule has 1 saturated carbocycles. The molecule has 0 unspecified atom stereocenters. The van der Waals surface area contributed by atoms with Crippen molar-refractivity contribution in [2.45, 2.75) is 50.0 Å². The van der Waals surface area contributed by atoms with Gasteiger partial charge in [-0.1, -0.05) is 25.5 Å². The molecule has 7 heteroatoms. The number of rotatable bonds is 8. The lowest BCUT2D eigenvalue weighted by Gasteiger charge is -2.28. The van der Waals surface area contributed by atoms with Gasteiger partial charge < -0.3 is 19.0 Å². The highest BCUT2D eigenvalue weighted by atomic mass is 32.2. The molecule has 0 spiro atoms. The van der Waals surface area contributed by atoms with E-state index in [0.29, 0.717) is 28.3 Å². The zero-order valence-corrected chi connectivity index (χ0v) is 19.2. The van der Waals surface area contributed by atoms with E-state index in [0.717, 1.165) is 11.5 Å². The predicted molar refractivity (Wildman–Crippen MR) is 126 cm³/mol. The molecule has 1 aliphatic carbocycles. The first-order valence-corrected chi connectivity index (χ1v) is 11.8. The molecule has 1 aliphatic rings. The molecule has 0 radical (unpaired) electrons. The van der Waals surface area contributed by atoms with Gasteiger partial charge in [0.05, 0.1) is 18.4 Å². The van der Waals surface area contributed by atoms with Gasteiger partial charge in [-0.05, 0) is 73.4 Å². The van der Waals surface area contributed by atoms with Crippen LogP contribution in [0.5, 0.6) is 5.75 Å². The van der Waals surface area contributed by atoms with Crippen LogP contribution in [0.1, 0.15) is 60.9 Å². The topological polar surface area (TPSA) is 84.6 Å². The van der Waals surface area contributed by atoms with Crippen LogP contribution in [0.25, 0.3) is 11.5 Å². The number of nitrogens with zero attached hydrogens (tertiary/aromatic N) is 1. The van der Waals surface area contributed by atoms with Crippen molar-refractivity contribution in [2.24, 2.45) is 5.92 Å². The van der Waals surface area contributed by atoms with Gasteiger partial charge in [0.15, 0.2) is 5.03 Å². The molecule has 0 saturated heterocycles. The van der Waals surface area contributed by atoms with Crippen molar-refractivity contribution in [2.75, 3.05) is 11.8 Å². The Balaban J connectivity index is 1.38. The summed E-state index contributed by atoms with van der Waals surface area (Å²) in [4.78, 5) is 15.7. The fourth-order valence-corrected chi connectivity index (χ4v) is 4.86. The van der Waals surface area contributed by atoms with E-state index in [9.17, 15) is 4.79 Å². The lowest BCUT2D eigenvalue weighted by Crippen LogP contribution is -2.12. The number of hydrogen-bond acceptors (Lipinski definition) is 6. The van der Waals surface area contributed by atoms with Crippen LogP contribution in [-0.4, -0.2) is 23.2 Å². The van der Waals surface area contributed by atoms with Gasteiger partial charge in [-0.25, -0.2) is 9.78 Å². The summed E-state index contributed by atoms with van der Waals surface area (Å²) in [6.07, 6.45) is 8.12. The smallest absolute Gasteiger partial charge is 0.335 e. The monoisotopic (exact) mass is 452 g/mol. The molecule has 1 aromatic heterocycles. The second-order valence-corrected chi connectivity index (χ2v) is 8.99. The minimum Gasteiger partial charge on any atom is -0.495 e. The largest absolute Gasteiger partial charge is 0.495 e. The Labute approximate surface area is 192 Å². The van der Waals surface area contributed by atoms with Gasteiger partial charge in [0.2, 0.25) is 5.89 Å². The highest BCUT2D eigenvalue weighted by Crippen LogP contribution is 2.37. The minimum absolute atomic E-state index is 0.169. The number of carbonyl (C=O) groups is 1. The van der Waals surface area contributed by atoms with Crippen LogP contribution in [0.2, 0.25) is 0 Å². The standard InChI is InChI=1S/C25H28N2O4S/c1-3-16-4-6-17(7-5-16)18-8-10-19(11-9-18)24-26-23(15-31-24)32-27-21-13-12-20(25(28)29)14-22(21)30-2/h8-17,27H,3-7H2,1-2H3,(H,28,29)/t16-,17+. The molecular weight excluding hydrogens is 424 g/mol. The first kappa shape index (κ1) is 22.3. The van der Waals surface area contributed by atoms with Gasteiger partial charge in [0, 0.05) is 17.5 Å². The van der Waals surface area contributed by atoms with Gasteiger partial charge in [-0.3, -0.25) is 0 Å². The number of ether oxygens (including phenoxy) is 1. The number of aromatic nitrogens is 1. The summed E-state index contributed by atoms with van der Waals surface area (Å²) < 4.78 is 14.1. The summed E-state index contributed by atoms with van der Waals surface area (Å²) >= 11 is 1.28. The van der Waals surface area contributed by atoms with Gasteiger partial charge >= 0.3 is 5.97 Å². The molecule has 3 aromatic rings. The van der Waals surface area contributed by atoms with Crippen LogP contribution in [0.4, 0.5) is 5.69 Å². The van der Waals surface area contributed by atoms with E-state index >= 15 is 0 Å². The highest BCUT2D eigenvalue weighted by molar-refractivity contribution is 8.00. The Morgan fingerprint density at radius 1 is 1.19 bits per heavy atom. The Bertz CT molecular complexity index is 1060. The molecule has 0 bridgehead atoms. The molecule has 1 fully saturated rings. The van der Waals surface area contributed by atoms with Crippen LogP contribution >= 0.6 is 11.9 Å². The van der Waals surface area contributed by atoms with E-state index in [1.165, 1.54) is 68.9 Å². The van der Waals surface area contributed by atoms with Gasteiger partial charge in [0.25, 0.3) is 0 Å². The molecule has 32 heavy (non-hydrogen) atoms. The molecule has 168 valence electrons. The van der Waals surface area contributed by atoms with E-state index in [1.807, 2.05) is 0 Å². The van der Waals surface area contributed by atoms with Crippen LogP contribution in [0, 0.1) is 5.92 Å². The maximum absolute atomic E-state index is 11.1. The Morgan fingerprint density at radius 3 is 2.59 bits per heavy atom. The number of carboxylic acid groups (broad SMARTS) is 1. The van der Waals surface area contributed by atoms with Crippen molar-refractivity contribution in [3.05, 3.63) is 59.9 Å². The van der Waals surface area contributed by atoms with Crippen molar-refractivity contribution in [1.82, 2.24) is 4.98 Å². The Morgan fingerprint density at radius 2 is 1.94 bits per heavy atom. The number of aromatic carboxylic acids is 1. The average Bonchev–Trinajstić information content (AvgIpc) is 3.32. The van der Waals surface area contributed by atoms with E-state index < -0.39 is 5.97 Å². The van der Waals surface area contributed by atoms with Gasteiger partial charge in [0.1, 0.15) is 12.0 Å². The van der Waals surface area contributed by atoms with Crippen LogP contribution in [-0.2, 0) is 0 Å². The number of carboxylic acids is 1. The number of benzene rings is 2. The molecule has 0 atom stereocenters. The summed E-state index contributed by atoms with van der Waals surface area (Å²) in [7, 11) is 1.50. The lowest BCUT2D eigenvalue weighted by molar-refractivity contribution is 0.0696. The number of nitrogens with one attached hydrogen (secondary N) is 1. The zero-order chi connectivity index (χ0) is 22.5. The quantitative estimate of drug-likeness (QED) is 0.361. The van der Waals surface area contributed by atoms with Crippen LogP contribution < -0.4 is 9.46 Å². The van der Waals surface area contributed by atoms with Crippen molar-refractivity contribution in [3.63, 3.8) is 0 Å². The third kappa shape index (κ3) is 5.10. The van der Waals surface area contributed by atoms with E-state index in [-0.39, 0.29) is 5.56 Å². The zero-order valence-electron chi connectivity index (χ0n) is 18.3. The average molecular weight is 453 g/mol. The normalized spacial score (nSPS) is 18.3. The predicted octanol–water partition coefficient (Wildman–Crippen LogP) is 6.85. The van der Waals surface area contributed by atoms with Crippen molar-refractivity contribution < 1.29 is 19.1 Å². The molecule has 2 aromatic carbocycles. The highest BCUT2D eigenvalue weighted by Gasteiger charge is 2.21. The minimum atomic E-state index is -0.997. The molecule has 6 nitrogen and oxygen atoms in total. The van der Waals surface area contributed by atoms with Crippen molar-refractivity contribution >= 4 is 23.6 Å². The second-order valence-electron chi connectivity index (χ2n) is 8.16. The van der Waals surface area contributed by atoms with Crippen LogP contribution in [0.15, 0.2) is 58.2 Å². The maximum atomic E-state index is 11.1. The number of anilines is 1. The van der Waals surface area contributed by atoms with Gasteiger partial charge in [-0.15, -0.1) is 0 Å². The third-order valence-electron chi connectivity index (χ3n) is 6.25. The lowest BCUT2D eigenvalue weighted by atomic mass is 9.78. The van der Waals surface area contributed by atoms with E-state index in [2.05, 4.69) is 40.9 Å². The fraction of sp³-hybridized carbons (Fsp3) is 0.360. The molecule has 1 heterocycles. The van der Waals surface area contributed by atoms with Crippen molar-refractivity contribution in [3.8, 4) is 17.2 Å². The first-order valence-electron chi connectivity index (χ1n) is 11.0. The molecule has 0 aliphatic heterocycles. The van der Waals surface area contributed by atoms with Gasteiger partial charge in [-0.2, -0.15) is 0 Å². The second kappa shape index (κ2) is 10.1. The SMILES string of the molecule is CC[C@H]1CC[C@@H](c2ccc(-c3nc(SNc4ccc(C(=O)O)cc4OC)co3)cc2)CC1. The summed E-state index contributed by atoms with van der Waals surface area (Å²) in [6, 6.07) is 13.3. The van der Waals surface area contributed by atoms with E-state index in [4.69, 9.17) is 14.3 Å². The summed E-state index contributed by atoms with van der Waals surface area (Å²) in [5.74, 6) is 1.59. The van der Waals surface area contributed by atoms with E-state index in [1.54, 1.807) is 12.3 Å². The fourth-order valence-electron chi connectivity index (χ4n) is 4.26. The molecule has 2 N–H and O–H groups in total. The molecular formula is C25H28N2O4S. The van der Waals surface area contributed by atoms with Crippen molar-refractivity contribution in [1.29, 1.82) is 0 Å². The third-order valence-corrected chi connectivity index (χ3v) is 6.97. The number of oxazole rings is 1. The summed E-state index contributed by atoms with van der Waals surface area (Å²) in [6.45, 7) is 2.30. The Kier molecular flexibility index (Phi) is 7.05. The Hall–Kier alpha value is -2.93. The number of methoxy groups -OCH3 is 1. The summed E-state index contributed by atoms with van der Waals surface area (Å²) in [5.41, 5.74) is 3.19. The molecule has 0 amide bonds. The first-order chi connectivity index (χ1) is 15.6. The summed E-state index contributed by atoms with van der Waals surface area (Å²) in [5, 5.41) is 9.80.